The maximum absolute atomic E-state index is 6.38. The van der Waals surface area contributed by atoms with Crippen molar-refractivity contribution in [3.8, 4) is 0 Å². The molecule has 2 saturated heterocycles. The van der Waals surface area contributed by atoms with Gasteiger partial charge in [-0.15, -0.1) is 11.8 Å². The molecule has 3 heterocycles. The first-order valence-electron chi connectivity index (χ1n) is 13.3. The molecule has 198 valence electrons. The van der Waals surface area contributed by atoms with E-state index in [0.29, 0.717) is 0 Å². The zero-order valence-corrected chi connectivity index (χ0v) is 24.8. The number of morpholine rings is 1. The van der Waals surface area contributed by atoms with Crippen LogP contribution in [0.15, 0.2) is 82.3 Å². The Morgan fingerprint density at radius 2 is 1.79 bits per heavy atom. The van der Waals surface area contributed by atoms with Crippen molar-refractivity contribution < 1.29 is 4.74 Å². The van der Waals surface area contributed by atoms with Crippen molar-refractivity contribution >= 4 is 50.2 Å². The first-order valence-corrected chi connectivity index (χ1v) is 15.3. The van der Waals surface area contributed by atoms with Crippen LogP contribution in [0.5, 0.6) is 0 Å². The Balaban J connectivity index is 1.45. The molecule has 3 aromatic carbocycles. The summed E-state index contributed by atoms with van der Waals surface area (Å²) >= 11 is 12.1. The lowest BCUT2D eigenvalue weighted by atomic mass is 9.91. The van der Waals surface area contributed by atoms with E-state index in [0.717, 1.165) is 67.4 Å². The van der Waals surface area contributed by atoms with Crippen molar-refractivity contribution in [3.63, 3.8) is 0 Å². The molecule has 0 radical (unpaired) electrons. The van der Waals surface area contributed by atoms with Gasteiger partial charge < -0.3 is 9.72 Å². The number of halogens is 2. The largest absolute Gasteiger partial charge is 0.379 e. The zero-order valence-electron chi connectivity index (χ0n) is 21.6. The molecule has 0 saturated carbocycles. The summed E-state index contributed by atoms with van der Waals surface area (Å²) in [5.41, 5.74) is 5.09. The maximum Gasteiger partial charge on any atom is 0.0594 e. The van der Waals surface area contributed by atoms with E-state index in [9.17, 15) is 0 Å². The molecule has 0 bridgehead atoms. The highest BCUT2D eigenvalue weighted by Gasteiger charge is 2.50. The third kappa shape index (κ3) is 5.58. The van der Waals surface area contributed by atoms with Crippen molar-refractivity contribution in [2.45, 2.75) is 35.6 Å². The van der Waals surface area contributed by atoms with E-state index < -0.39 is 0 Å². The van der Waals surface area contributed by atoms with Gasteiger partial charge in [-0.05, 0) is 60.9 Å². The monoisotopic (exact) mass is 609 g/mol. The van der Waals surface area contributed by atoms with E-state index in [-0.39, 0.29) is 10.8 Å². The molecule has 4 nitrogen and oxygen atoms in total. The second-order valence-corrected chi connectivity index (χ2v) is 13.4. The fourth-order valence-corrected chi connectivity index (χ4v) is 8.04. The van der Waals surface area contributed by atoms with Gasteiger partial charge in [0.2, 0.25) is 0 Å². The fraction of sp³-hybridized carbons (Fsp3) is 0.355. The second-order valence-electron chi connectivity index (χ2n) is 10.6. The maximum atomic E-state index is 6.38. The normalized spacial score (nSPS) is 22.9. The van der Waals surface area contributed by atoms with Crippen LogP contribution in [-0.2, 0) is 11.3 Å². The number of H-pyrrole nitrogens is 1. The number of rotatable bonds is 7. The van der Waals surface area contributed by atoms with E-state index in [1.165, 1.54) is 27.0 Å². The number of aromatic amines is 1. The molecule has 1 N–H and O–H groups in total. The van der Waals surface area contributed by atoms with E-state index >= 15 is 0 Å². The SMILES string of the molecule is Cc1ccc(SC2(CN3CCOCC3)CCN(Cc3ccc(Br)cc3)C2c2c[nH]c3cc(Cl)ccc23)cc1. The summed E-state index contributed by atoms with van der Waals surface area (Å²) in [5.74, 6) is 0. The Kier molecular flexibility index (Phi) is 7.90. The average Bonchev–Trinajstić information content (AvgIpc) is 3.47. The van der Waals surface area contributed by atoms with Gasteiger partial charge in [0.15, 0.2) is 0 Å². The Morgan fingerprint density at radius 3 is 2.55 bits per heavy atom. The topological polar surface area (TPSA) is 31.5 Å². The van der Waals surface area contributed by atoms with Crippen LogP contribution in [0, 0.1) is 6.92 Å². The van der Waals surface area contributed by atoms with Gasteiger partial charge in [0.05, 0.1) is 24.0 Å². The number of fused-ring (bicyclic) bond motifs is 1. The molecular formula is C31H33BrClN3OS. The van der Waals surface area contributed by atoms with Crippen LogP contribution in [0.1, 0.15) is 29.2 Å². The van der Waals surface area contributed by atoms with Crippen LogP contribution in [-0.4, -0.2) is 58.9 Å². The number of ether oxygens (including phenoxy) is 1. The third-order valence-electron chi connectivity index (χ3n) is 7.89. The van der Waals surface area contributed by atoms with Gasteiger partial charge in [-0.1, -0.05) is 63.4 Å². The van der Waals surface area contributed by atoms with Crippen LogP contribution in [0.4, 0.5) is 0 Å². The number of hydrogen-bond acceptors (Lipinski definition) is 4. The number of aryl methyl sites for hydroxylation is 1. The molecule has 0 aliphatic carbocycles. The predicted molar refractivity (Wildman–Crippen MR) is 162 cm³/mol. The standard InChI is InChI=1S/C31H33BrClN3OS/c1-22-2-9-26(10-3-22)38-31(21-35-14-16-37-17-15-35)12-13-36(20-23-4-6-24(32)7-5-23)30(31)28-19-34-29-18-25(33)8-11-27(28)29/h2-11,18-19,30,34H,12-17,20-21H2,1H3. The van der Waals surface area contributed by atoms with Crippen molar-refractivity contribution in [2.24, 2.45) is 0 Å². The fourth-order valence-electron chi connectivity index (χ4n) is 6.04. The lowest BCUT2D eigenvalue weighted by Gasteiger charge is -2.42. The molecular weight excluding hydrogens is 578 g/mol. The van der Waals surface area contributed by atoms with Crippen LogP contribution in [0.2, 0.25) is 5.02 Å². The summed E-state index contributed by atoms with van der Waals surface area (Å²) in [6.07, 6.45) is 3.35. The highest BCUT2D eigenvalue weighted by molar-refractivity contribution is 9.10. The van der Waals surface area contributed by atoms with Crippen LogP contribution in [0.3, 0.4) is 0 Å². The predicted octanol–water partition coefficient (Wildman–Crippen LogP) is 7.70. The molecule has 0 amide bonds. The Bertz CT molecular complexity index is 1390. The van der Waals surface area contributed by atoms with Crippen molar-refractivity contribution in [1.82, 2.24) is 14.8 Å². The van der Waals surface area contributed by atoms with Gasteiger partial charge in [-0.25, -0.2) is 0 Å². The average molecular weight is 611 g/mol. The lowest BCUT2D eigenvalue weighted by molar-refractivity contribution is 0.0308. The molecule has 2 fully saturated rings. The number of nitrogens with zero attached hydrogens (tertiary/aromatic N) is 2. The van der Waals surface area contributed by atoms with Crippen LogP contribution < -0.4 is 0 Å². The highest BCUT2D eigenvalue weighted by atomic mass is 79.9. The molecule has 0 spiro atoms. The Labute approximate surface area is 242 Å². The lowest BCUT2D eigenvalue weighted by Crippen LogP contribution is -2.48. The number of likely N-dealkylation sites (tertiary alicyclic amines) is 1. The summed E-state index contributed by atoms with van der Waals surface area (Å²) in [7, 11) is 0. The molecule has 4 aromatic rings. The van der Waals surface area contributed by atoms with Gasteiger partial charge in [0, 0.05) is 64.2 Å². The molecule has 1 aromatic heterocycles. The van der Waals surface area contributed by atoms with E-state index in [1.807, 2.05) is 12.1 Å². The molecule has 2 aliphatic rings. The minimum atomic E-state index is -0.0171. The number of aromatic nitrogens is 1. The first-order chi connectivity index (χ1) is 18.5. The summed E-state index contributed by atoms with van der Waals surface area (Å²) < 4.78 is 6.82. The minimum Gasteiger partial charge on any atom is -0.379 e. The summed E-state index contributed by atoms with van der Waals surface area (Å²) in [6.45, 7) is 8.73. The summed E-state index contributed by atoms with van der Waals surface area (Å²) in [6, 6.07) is 24.3. The number of thioether (sulfide) groups is 1. The molecule has 6 rings (SSSR count). The summed E-state index contributed by atoms with van der Waals surface area (Å²) in [4.78, 5) is 10.2. The quantitative estimate of drug-likeness (QED) is 0.232. The molecule has 2 unspecified atom stereocenters. The van der Waals surface area contributed by atoms with E-state index in [2.05, 4.69) is 110 Å². The number of hydrogen-bond donors (Lipinski definition) is 1. The number of benzene rings is 3. The molecule has 38 heavy (non-hydrogen) atoms. The van der Waals surface area contributed by atoms with E-state index in [4.69, 9.17) is 16.3 Å². The number of nitrogens with one attached hydrogen (secondary N) is 1. The van der Waals surface area contributed by atoms with Gasteiger partial charge in [0.1, 0.15) is 0 Å². The Morgan fingerprint density at radius 1 is 1.03 bits per heavy atom. The second kappa shape index (κ2) is 11.4. The molecule has 7 heteroatoms. The highest BCUT2D eigenvalue weighted by Crippen LogP contribution is 2.54. The van der Waals surface area contributed by atoms with Crippen LogP contribution in [0.25, 0.3) is 10.9 Å². The smallest absolute Gasteiger partial charge is 0.0594 e. The van der Waals surface area contributed by atoms with Crippen molar-refractivity contribution in [1.29, 1.82) is 0 Å². The van der Waals surface area contributed by atoms with Gasteiger partial charge in [-0.2, -0.15) is 0 Å². The van der Waals surface area contributed by atoms with Gasteiger partial charge in [0.25, 0.3) is 0 Å². The third-order valence-corrected chi connectivity index (χ3v) is 10.1. The molecule has 2 atom stereocenters. The minimum absolute atomic E-state index is 0.0171. The Hall–Kier alpha value is -1.80. The summed E-state index contributed by atoms with van der Waals surface area (Å²) in [5, 5.41) is 2.02. The zero-order chi connectivity index (χ0) is 26.1. The molecule has 2 aliphatic heterocycles. The van der Waals surface area contributed by atoms with Crippen molar-refractivity contribution in [2.75, 3.05) is 39.4 Å². The van der Waals surface area contributed by atoms with Crippen LogP contribution >= 0.6 is 39.3 Å². The van der Waals surface area contributed by atoms with Gasteiger partial charge in [-0.3, -0.25) is 9.80 Å². The van der Waals surface area contributed by atoms with Gasteiger partial charge >= 0.3 is 0 Å². The van der Waals surface area contributed by atoms with Crippen molar-refractivity contribution in [3.05, 3.63) is 99.1 Å². The van der Waals surface area contributed by atoms with E-state index in [1.54, 1.807) is 0 Å². The first kappa shape index (κ1) is 26.4.